The van der Waals surface area contributed by atoms with E-state index in [1.54, 1.807) is 0 Å². The molecular weight excluding hydrogens is 182 g/mol. The predicted molar refractivity (Wildman–Crippen MR) is 56.0 cm³/mol. The first-order valence-corrected chi connectivity index (χ1v) is 5.10. The lowest BCUT2D eigenvalue weighted by Gasteiger charge is -2.31. The number of ether oxygens (including phenoxy) is 1. The van der Waals surface area contributed by atoms with Crippen molar-refractivity contribution >= 4 is 0 Å². The maximum atomic E-state index is 9.64. The van der Waals surface area contributed by atoms with Gasteiger partial charge in [0.1, 0.15) is 19.2 Å². The summed E-state index contributed by atoms with van der Waals surface area (Å²) in [7, 11) is 3.96. The van der Waals surface area contributed by atoms with E-state index in [9.17, 15) is 5.11 Å². The molecule has 1 atom stereocenters. The fraction of sp³-hybridized carbons (Fsp3) is 1.00. The Labute approximate surface area is 86.7 Å². The largest absolute Gasteiger partial charge is 0.391 e. The fourth-order valence-corrected chi connectivity index (χ4v) is 1.29. The minimum atomic E-state index is -0.459. The van der Waals surface area contributed by atoms with Gasteiger partial charge in [0.25, 0.3) is 0 Å². The molecule has 0 bridgehead atoms. The highest BCUT2D eigenvalue weighted by Crippen LogP contribution is 2.01. The van der Waals surface area contributed by atoms with Gasteiger partial charge < -0.3 is 19.4 Å². The molecule has 0 aromatic heterocycles. The summed E-state index contributed by atoms with van der Waals surface area (Å²) in [4.78, 5) is 0. The van der Waals surface area contributed by atoms with Crippen molar-refractivity contribution in [3.8, 4) is 0 Å². The molecule has 0 aliphatic rings. The number of hydrogen-bond donors (Lipinski definition) is 2. The molecule has 4 heteroatoms. The topological polar surface area (TPSA) is 49.7 Å². The smallest absolute Gasteiger partial charge is 0.126 e. The lowest BCUT2D eigenvalue weighted by atomic mass is 10.3. The zero-order valence-corrected chi connectivity index (χ0v) is 9.73. The Morgan fingerprint density at radius 3 is 2.29 bits per heavy atom. The first-order valence-electron chi connectivity index (χ1n) is 5.10. The molecule has 86 valence electrons. The maximum absolute atomic E-state index is 9.64. The standard InChI is InChI=1S/C10H24NO3/c1-9(2)14-8-10(13)7-11(3,4)5-6-12/h9-10,12-13H,5-8H2,1-4H3/q+1. The normalized spacial score (nSPS) is 14.8. The van der Waals surface area contributed by atoms with Crippen LogP contribution in [0.3, 0.4) is 0 Å². The van der Waals surface area contributed by atoms with Crippen molar-refractivity contribution in [3.05, 3.63) is 0 Å². The molecule has 0 aliphatic carbocycles. The van der Waals surface area contributed by atoms with E-state index in [1.165, 1.54) is 0 Å². The minimum Gasteiger partial charge on any atom is -0.391 e. The third kappa shape index (κ3) is 7.26. The minimum absolute atomic E-state index is 0.144. The fourth-order valence-electron chi connectivity index (χ4n) is 1.29. The Kier molecular flexibility index (Phi) is 6.27. The van der Waals surface area contributed by atoms with Crippen molar-refractivity contribution in [2.24, 2.45) is 0 Å². The molecule has 1 unspecified atom stereocenters. The Bertz CT molecular complexity index is 148. The molecule has 0 radical (unpaired) electrons. The molecule has 0 aromatic carbocycles. The SMILES string of the molecule is CC(C)OCC(O)C[N+](C)(C)CCO. The Morgan fingerprint density at radius 2 is 1.86 bits per heavy atom. The second-order valence-corrected chi connectivity index (χ2v) is 4.60. The van der Waals surface area contributed by atoms with Gasteiger partial charge in [0, 0.05) is 0 Å². The molecule has 0 fully saturated rings. The van der Waals surface area contributed by atoms with Crippen molar-refractivity contribution in [2.75, 3.05) is 40.4 Å². The lowest BCUT2D eigenvalue weighted by molar-refractivity contribution is -0.893. The molecular formula is C10H24NO3+. The van der Waals surface area contributed by atoms with E-state index in [0.717, 1.165) is 0 Å². The first kappa shape index (κ1) is 13.8. The van der Waals surface area contributed by atoms with Crippen molar-refractivity contribution in [2.45, 2.75) is 26.1 Å². The number of aliphatic hydroxyl groups excluding tert-OH is 2. The van der Waals surface area contributed by atoms with Gasteiger partial charge in [-0.3, -0.25) is 0 Å². The van der Waals surface area contributed by atoms with Gasteiger partial charge in [0.05, 0.1) is 33.4 Å². The van der Waals surface area contributed by atoms with Crippen LogP contribution in [0.4, 0.5) is 0 Å². The molecule has 0 rings (SSSR count). The van der Waals surface area contributed by atoms with Gasteiger partial charge in [0.2, 0.25) is 0 Å². The summed E-state index contributed by atoms with van der Waals surface area (Å²) in [6.45, 7) is 5.66. The van der Waals surface area contributed by atoms with Crippen molar-refractivity contribution in [3.63, 3.8) is 0 Å². The summed E-state index contributed by atoms with van der Waals surface area (Å²) >= 11 is 0. The van der Waals surface area contributed by atoms with Crippen LogP contribution in [-0.4, -0.2) is 67.3 Å². The number of quaternary nitrogens is 1. The number of likely N-dealkylation sites (N-methyl/N-ethyl adjacent to an activating group) is 1. The number of hydrogen-bond acceptors (Lipinski definition) is 3. The van der Waals surface area contributed by atoms with Gasteiger partial charge in [0.15, 0.2) is 0 Å². The number of nitrogens with zero attached hydrogens (tertiary/aromatic N) is 1. The highest BCUT2D eigenvalue weighted by Gasteiger charge is 2.20. The van der Waals surface area contributed by atoms with E-state index in [4.69, 9.17) is 9.84 Å². The highest BCUT2D eigenvalue weighted by atomic mass is 16.5. The quantitative estimate of drug-likeness (QED) is 0.569. The van der Waals surface area contributed by atoms with E-state index in [0.29, 0.717) is 24.2 Å². The molecule has 0 heterocycles. The van der Waals surface area contributed by atoms with Crippen LogP contribution in [-0.2, 0) is 4.74 Å². The average Bonchev–Trinajstić information content (AvgIpc) is 1.99. The number of aliphatic hydroxyl groups is 2. The molecule has 14 heavy (non-hydrogen) atoms. The van der Waals surface area contributed by atoms with Crippen LogP contribution < -0.4 is 0 Å². The van der Waals surface area contributed by atoms with Crippen LogP contribution in [0.5, 0.6) is 0 Å². The summed E-state index contributed by atoms with van der Waals surface area (Å²) in [6.07, 6.45) is -0.308. The van der Waals surface area contributed by atoms with Gasteiger partial charge in [-0.25, -0.2) is 0 Å². The van der Waals surface area contributed by atoms with Crippen LogP contribution in [0.1, 0.15) is 13.8 Å². The number of rotatable bonds is 7. The van der Waals surface area contributed by atoms with E-state index in [-0.39, 0.29) is 12.7 Å². The Morgan fingerprint density at radius 1 is 1.29 bits per heavy atom. The van der Waals surface area contributed by atoms with E-state index < -0.39 is 6.10 Å². The summed E-state index contributed by atoms with van der Waals surface area (Å²) in [5.41, 5.74) is 0. The lowest BCUT2D eigenvalue weighted by Crippen LogP contribution is -2.48. The maximum Gasteiger partial charge on any atom is 0.126 e. The summed E-state index contributed by atoms with van der Waals surface area (Å²) < 4.78 is 5.92. The monoisotopic (exact) mass is 206 g/mol. The summed E-state index contributed by atoms with van der Waals surface area (Å²) in [6, 6.07) is 0. The van der Waals surface area contributed by atoms with Gasteiger partial charge in [-0.1, -0.05) is 0 Å². The van der Waals surface area contributed by atoms with Crippen molar-refractivity contribution in [1.29, 1.82) is 0 Å². The second kappa shape index (κ2) is 6.35. The molecule has 0 saturated carbocycles. The third-order valence-corrected chi connectivity index (χ3v) is 2.03. The predicted octanol–water partition coefficient (Wildman–Crippen LogP) is -0.159. The molecule has 0 spiro atoms. The zero-order chi connectivity index (χ0) is 11.2. The van der Waals surface area contributed by atoms with Crippen LogP contribution in [0.2, 0.25) is 0 Å². The Hall–Kier alpha value is -0.160. The highest BCUT2D eigenvalue weighted by molar-refractivity contribution is 4.53. The molecule has 0 saturated heterocycles. The molecule has 0 aliphatic heterocycles. The van der Waals surface area contributed by atoms with Gasteiger partial charge >= 0.3 is 0 Å². The van der Waals surface area contributed by atoms with Crippen LogP contribution >= 0.6 is 0 Å². The van der Waals surface area contributed by atoms with Gasteiger partial charge in [-0.05, 0) is 13.8 Å². The van der Waals surface area contributed by atoms with Gasteiger partial charge in [-0.15, -0.1) is 0 Å². The molecule has 0 amide bonds. The summed E-state index contributed by atoms with van der Waals surface area (Å²) in [5, 5.41) is 18.4. The Balaban J connectivity index is 3.74. The third-order valence-electron chi connectivity index (χ3n) is 2.03. The van der Waals surface area contributed by atoms with Crippen molar-refractivity contribution < 1.29 is 19.4 Å². The van der Waals surface area contributed by atoms with Crippen LogP contribution in [0, 0.1) is 0 Å². The summed E-state index contributed by atoms with van der Waals surface area (Å²) in [5.74, 6) is 0. The van der Waals surface area contributed by atoms with Gasteiger partial charge in [-0.2, -0.15) is 0 Å². The molecule has 0 aromatic rings. The molecule has 4 nitrogen and oxygen atoms in total. The average molecular weight is 206 g/mol. The molecule has 2 N–H and O–H groups in total. The first-order chi connectivity index (χ1) is 6.37. The van der Waals surface area contributed by atoms with Crippen molar-refractivity contribution in [1.82, 2.24) is 0 Å². The van der Waals surface area contributed by atoms with E-state index in [2.05, 4.69) is 0 Å². The van der Waals surface area contributed by atoms with E-state index in [1.807, 2.05) is 27.9 Å². The zero-order valence-electron chi connectivity index (χ0n) is 9.73. The van der Waals surface area contributed by atoms with Crippen LogP contribution in [0.15, 0.2) is 0 Å². The van der Waals surface area contributed by atoms with Crippen LogP contribution in [0.25, 0.3) is 0 Å². The van der Waals surface area contributed by atoms with E-state index >= 15 is 0 Å². The second-order valence-electron chi connectivity index (χ2n) is 4.60.